The average Bonchev–Trinajstić information content (AvgIpc) is 2.52. The van der Waals surface area contributed by atoms with Crippen LogP contribution in [-0.2, 0) is 14.9 Å². The molecule has 0 N–H and O–H groups in total. The summed E-state index contributed by atoms with van der Waals surface area (Å²) in [7, 11) is 0. The zero-order chi connectivity index (χ0) is 14.2. The van der Waals surface area contributed by atoms with E-state index < -0.39 is 5.41 Å². The highest BCUT2D eigenvalue weighted by Gasteiger charge is 2.52. The van der Waals surface area contributed by atoms with Gasteiger partial charge in [0.15, 0.2) is 0 Å². The fourth-order valence-corrected chi connectivity index (χ4v) is 2.63. The van der Waals surface area contributed by atoms with Crippen molar-refractivity contribution < 1.29 is 9.53 Å². The molecule has 1 aliphatic heterocycles. The van der Waals surface area contributed by atoms with Crippen molar-refractivity contribution in [3.8, 4) is 0 Å². The SMILES string of the molecule is C/C(=C1/OC(=O)[C@@]1(C)c1ccccc1)c1ccccc1. The van der Waals surface area contributed by atoms with Gasteiger partial charge in [0.05, 0.1) is 0 Å². The topological polar surface area (TPSA) is 26.3 Å². The Morgan fingerprint density at radius 1 is 0.950 bits per heavy atom. The fraction of sp³-hybridized carbons (Fsp3) is 0.167. The molecule has 1 fully saturated rings. The van der Waals surface area contributed by atoms with Crippen molar-refractivity contribution in [2.75, 3.05) is 0 Å². The van der Waals surface area contributed by atoms with Crippen molar-refractivity contribution in [1.82, 2.24) is 0 Å². The highest BCUT2D eigenvalue weighted by molar-refractivity contribution is 5.97. The lowest BCUT2D eigenvalue weighted by atomic mass is 9.74. The molecule has 2 aromatic carbocycles. The molecule has 0 bridgehead atoms. The van der Waals surface area contributed by atoms with Gasteiger partial charge in [-0.3, -0.25) is 4.79 Å². The van der Waals surface area contributed by atoms with E-state index in [9.17, 15) is 4.79 Å². The number of hydrogen-bond acceptors (Lipinski definition) is 2. The number of carbonyl (C=O) groups excluding carboxylic acids is 1. The third kappa shape index (κ3) is 1.76. The molecule has 100 valence electrons. The van der Waals surface area contributed by atoms with E-state index >= 15 is 0 Å². The summed E-state index contributed by atoms with van der Waals surface area (Å²) in [4.78, 5) is 12.0. The number of esters is 1. The summed E-state index contributed by atoms with van der Waals surface area (Å²) < 4.78 is 5.37. The van der Waals surface area contributed by atoms with Gasteiger partial charge >= 0.3 is 5.97 Å². The van der Waals surface area contributed by atoms with Crippen LogP contribution in [0.25, 0.3) is 5.57 Å². The summed E-state index contributed by atoms with van der Waals surface area (Å²) in [6.07, 6.45) is 0. The molecule has 0 spiro atoms. The molecule has 0 unspecified atom stereocenters. The van der Waals surface area contributed by atoms with Gasteiger partial charge in [-0.2, -0.15) is 0 Å². The van der Waals surface area contributed by atoms with Crippen molar-refractivity contribution in [3.63, 3.8) is 0 Å². The third-order valence-electron chi connectivity index (χ3n) is 3.96. The lowest BCUT2D eigenvalue weighted by molar-refractivity contribution is -0.159. The van der Waals surface area contributed by atoms with Crippen molar-refractivity contribution in [2.24, 2.45) is 0 Å². The van der Waals surface area contributed by atoms with Gasteiger partial charge < -0.3 is 4.74 Å². The van der Waals surface area contributed by atoms with E-state index in [4.69, 9.17) is 4.74 Å². The lowest BCUT2D eigenvalue weighted by Gasteiger charge is -2.40. The molecular formula is C18H16O2. The Morgan fingerprint density at radius 3 is 2.05 bits per heavy atom. The zero-order valence-electron chi connectivity index (χ0n) is 11.6. The van der Waals surface area contributed by atoms with Gasteiger partial charge in [-0.05, 0) is 30.5 Å². The predicted molar refractivity (Wildman–Crippen MR) is 78.9 cm³/mol. The van der Waals surface area contributed by atoms with Crippen LogP contribution in [0.1, 0.15) is 25.0 Å². The molecule has 1 aliphatic rings. The number of benzene rings is 2. The van der Waals surface area contributed by atoms with E-state index in [-0.39, 0.29) is 5.97 Å². The number of rotatable bonds is 2. The minimum atomic E-state index is -0.665. The Morgan fingerprint density at radius 2 is 1.50 bits per heavy atom. The Hall–Kier alpha value is -2.35. The summed E-state index contributed by atoms with van der Waals surface area (Å²) in [5.41, 5.74) is 2.40. The van der Waals surface area contributed by atoms with Crippen LogP contribution in [0, 0.1) is 0 Å². The monoisotopic (exact) mass is 264 g/mol. The molecule has 2 heteroatoms. The number of carbonyl (C=O) groups is 1. The van der Waals surface area contributed by atoms with E-state index in [2.05, 4.69) is 0 Å². The van der Waals surface area contributed by atoms with Crippen molar-refractivity contribution in [3.05, 3.63) is 77.5 Å². The highest BCUT2D eigenvalue weighted by Crippen LogP contribution is 2.46. The largest absolute Gasteiger partial charge is 0.428 e. The molecule has 0 aliphatic carbocycles. The van der Waals surface area contributed by atoms with Gasteiger partial charge in [-0.25, -0.2) is 0 Å². The minimum Gasteiger partial charge on any atom is -0.428 e. The first-order valence-electron chi connectivity index (χ1n) is 6.68. The van der Waals surface area contributed by atoms with Crippen molar-refractivity contribution in [1.29, 1.82) is 0 Å². The quantitative estimate of drug-likeness (QED) is 0.768. The van der Waals surface area contributed by atoms with Crippen LogP contribution in [0.15, 0.2) is 66.4 Å². The van der Waals surface area contributed by atoms with Gasteiger partial charge in [0.25, 0.3) is 0 Å². The standard InChI is InChI=1S/C18H16O2/c1-13(14-9-5-3-6-10-14)16-18(2,17(19)20-16)15-11-7-4-8-12-15/h3-12H,1-2H3/b16-13-/t18-/m0/s1. The first-order chi connectivity index (χ1) is 9.64. The fourth-order valence-electron chi connectivity index (χ4n) is 2.63. The molecule has 0 aromatic heterocycles. The summed E-state index contributed by atoms with van der Waals surface area (Å²) in [5.74, 6) is 0.564. The second-order valence-corrected chi connectivity index (χ2v) is 5.20. The third-order valence-corrected chi connectivity index (χ3v) is 3.96. The minimum absolute atomic E-state index is 0.186. The molecular weight excluding hydrogens is 248 g/mol. The van der Waals surface area contributed by atoms with Crippen LogP contribution in [-0.4, -0.2) is 5.97 Å². The molecule has 0 radical (unpaired) electrons. The van der Waals surface area contributed by atoms with Gasteiger partial charge in [0.1, 0.15) is 11.2 Å². The number of hydrogen-bond donors (Lipinski definition) is 0. The second kappa shape index (κ2) is 4.64. The summed E-state index contributed by atoms with van der Waals surface area (Å²) >= 11 is 0. The van der Waals surface area contributed by atoms with Crippen LogP contribution in [0.4, 0.5) is 0 Å². The van der Waals surface area contributed by atoms with Crippen molar-refractivity contribution in [2.45, 2.75) is 19.3 Å². The molecule has 2 nitrogen and oxygen atoms in total. The van der Waals surface area contributed by atoms with Gasteiger partial charge in [0, 0.05) is 0 Å². The maximum atomic E-state index is 12.0. The van der Waals surface area contributed by atoms with Gasteiger partial charge in [-0.1, -0.05) is 60.7 Å². The Balaban J connectivity index is 2.10. The van der Waals surface area contributed by atoms with Crippen molar-refractivity contribution >= 4 is 11.5 Å². The van der Waals surface area contributed by atoms with Gasteiger partial charge in [0.2, 0.25) is 0 Å². The molecule has 20 heavy (non-hydrogen) atoms. The zero-order valence-corrected chi connectivity index (χ0v) is 11.6. The number of ether oxygens (including phenoxy) is 1. The Labute approximate surface area is 118 Å². The van der Waals surface area contributed by atoms with Crippen LogP contribution >= 0.6 is 0 Å². The van der Waals surface area contributed by atoms with Crippen LogP contribution in [0.2, 0.25) is 0 Å². The number of allylic oxidation sites excluding steroid dienone is 1. The molecule has 2 aromatic rings. The highest BCUT2D eigenvalue weighted by atomic mass is 16.6. The normalized spacial score (nSPS) is 23.8. The maximum absolute atomic E-state index is 12.0. The first kappa shape index (κ1) is 12.7. The van der Waals surface area contributed by atoms with Crippen LogP contribution in [0.3, 0.4) is 0 Å². The van der Waals surface area contributed by atoms with E-state index in [1.54, 1.807) is 0 Å². The lowest BCUT2D eigenvalue weighted by Crippen LogP contribution is -2.48. The second-order valence-electron chi connectivity index (χ2n) is 5.20. The summed E-state index contributed by atoms with van der Waals surface area (Å²) in [6, 6.07) is 19.8. The maximum Gasteiger partial charge on any atom is 0.329 e. The first-order valence-corrected chi connectivity index (χ1v) is 6.68. The molecule has 1 heterocycles. The average molecular weight is 264 g/mol. The molecule has 0 saturated carbocycles. The van der Waals surface area contributed by atoms with Gasteiger partial charge in [-0.15, -0.1) is 0 Å². The van der Waals surface area contributed by atoms with E-state index in [1.807, 2.05) is 74.5 Å². The van der Waals surface area contributed by atoms with Crippen LogP contribution in [0.5, 0.6) is 0 Å². The summed E-state index contributed by atoms with van der Waals surface area (Å²) in [5, 5.41) is 0. The van der Waals surface area contributed by atoms with E-state index in [1.165, 1.54) is 0 Å². The Bertz CT molecular complexity index is 671. The molecule has 3 rings (SSSR count). The smallest absolute Gasteiger partial charge is 0.329 e. The Kier molecular flexibility index (Phi) is 2.94. The molecule has 1 atom stereocenters. The molecule has 0 amide bonds. The number of cyclic esters (lactones) is 1. The predicted octanol–water partition coefficient (Wildman–Crippen LogP) is 3.93. The van der Waals surface area contributed by atoms with Crippen LogP contribution < -0.4 is 0 Å². The van der Waals surface area contributed by atoms with E-state index in [0.717, 1.165) is 22.5 Å². The summed E-state index contributed by atoms with van der Waals surface area (Å²) in [6.45, 7) is 3.92. The van der Waals surface area contributed by atoms with E-state index in [0.29, 0.717) is 0 Å². The molecule has 1 saturated heterocycles.